The van der Waals surface area contributed by atoms with Crippen molar-refractivity contribution in [1.82, 2.24) is 10.2 Å². The van der Waals surface area contributed by atoms with E-state index >= 15 is 0 Å². The highest BCUT2D eigenvalue weighted by Gasteiger charge is 2.11. The van der Waals surface area contributed by atoms with Gasteiger partial charge in [0.15, 0.2) is 0 Å². The molecule has 0 aliphatic rings. The van der Waals surface area contributed by atoms with Gasteiger partial charge < -0.3 is 4.42 Å². The second-order valence-electron chi connectivity index (χ2n) is 4.01. The fourth-order valence-electron chi connectivity index (χ4n) is 1.48. The molecule has 3 nitrogen and oxygen atoms in total. The number of rotatable bonds is 4. The summed E-state index contributed by atoms with van der Waals surface area (Å²) in [6.45, 7) is 4.21. The van der Waals surface area contributed by atoms with Crippen molar-refractivity contribution in [2.75, 3.05) is 0 Å². The molecule has 0 amide bonds. The fraction of sp³-hybridized carbons (Fsp3) is 0.385. The van der Waals surface area contributed by atoms with Gasteiger partial charge in [-0.15, -0.1) is 10.2 Å². The maximum Gasteiger partial charge on any atom is 0.220 e. The molecule has 1 unspecified atom stereocenters. The van der Waals surface area contributed by atoms with Crippen LogP contribution >= 0.6 is 0 Å². The smallest absolute Gasteiger partial charge is 0.220 e. The van der Waals surface area contributed by atoms with Crippen LogP contribution in [-0.2, 0) is 6.42 Å². The molecule has 0 N–H and O–H groups in total. The average Bonchev–Trinajstić information content (AvgIpc) is 2.78. The lowest BCUT2D eigenvalue weighted by molar-refractivity contribution is 0.425. The van der Waals surface area contributed by atoms with Gasteiger partial charge in [-0.2, -0.15) is 0 Å². The van der Waals surface area contributed by atoms with E-state index in [-0.39, 0.29) is 0 Å². The summed E-state index contributed by atoms with van der Waals surface area (Å²) in [6.07, 6.45) is 1.73. The third-order valence-electron chi connectivity index (χ3n) is 2.71. The summed E-state index contributed by atoms with van der Waals surface area (Å²) in [7, 11) is 0. The second kappa shape index (κ2) is 4.92. The molecule has 1 heterocycles. The zero-order valence-electron chi connectivity index (χ0n) is 9.68. The highest BCUT2D eigenvalue weighted by molar-refractivity contribution is 5.17. The average molecular weight is 216 g/mol. The molecule has 3 heteroatoms. The normalized spacial score (nSPS) is 12.6. The molecule has 0 fully saturated rings. The number of hydrogen-bond donors (Lipinski definition) is 0. The van der Waals surface area contributed by atoms with Gasteiger partial charge in [0, 0.05) is 5.92 Å². The van der Waals surface area contributed by atoms with Gasteiger partial charge in [-0.3, -0.25) is 0 Å². The molecule has 0 radical (unpaired) electrons. The first-order chi connectivity index (χ1) is 7.79. The van der Waals surface area contributed by atoms with Crippen LogP contribution in [0.5, 0.6) is 0 Å². The molecule has 0 aliphatic carbocycles. The Morgan fingerprint density at radius 2 is 1.94 bits per heavy atom. The van der Waals surface area contributed by atoms with Crippen molar-refractivity contribution in [3.63, 3.8) is 0 Å². The maximum absolute atomic E-state index is 5.62. The van der Waals surface area contributed by atoms with E-state index < -0.39 is 0 Å². The van der Waals surface area contributed by atoms with Crippen LogP contribution < -0.4 is 0 Å². The number of aromatic nitrogens is 2. The second-order valence-corrected chi connectivity index (χ2v) is 4.01. The van der Waals surface area contributed by atoms with E-state index in [1.165, 1.54) is 5.56 Å². The van der Waals surface area contributed by atoms with Crippen LogP contribution in [0, 0.1) is 0 Å². The van der Waals surface area contributed by atoms with Crippen LogP contribution in [0.1, 0.15) is 43.5 Å². The molecule has 84 valence electrons. The third kappa shape index (κ3) is 2.48. The Bertz CT molecular complexity index is 436. The molecule has 2 rings (SSSR count). The zero-order chi connectivity index (χ0) is 11.4. The predicted octanol–water partition coefficient (Wildman–Crippen LogP) is 3.17. The molecule has 1 aromatic carbocycles. The van der Waals surface area contributed by atoms with E-state index in [1.54, 1.807) is 0 Å². The summed E-state index contributed by atoms with van der Waals surface area (Å²) in [5, 5.41) is 8.13. The van der Waals surface area contributed by atoms with Crippen LogP contribution in [0.2, 0.25) is 0 Å². The highest BCUT2D eigenvalue weighted by Crippen LogP contribution is 2.17. The first kappa shape index (κ1) is 10.9. The van der Waals surface area contributed by atoms with Crippen LogP contribution in [0.25, 0.3) is 0 Å². The Labute approximate surface area is 95.5 Å². The molecule has 0 spiro atoms. The first-order valence-electron chi connectivity index (χ1n) is 5.65. The Balaban J connectivity index is 2.09. The molecule has 0 bridgehead atoms. The quantitative estimate of drug-likeness (QED) is 0.788. The largest absolute Gasteiger partial charge is 0.425 e. The minimum Gasteiger partial charge on any atom is -0.425 e. The summed E-state index contributed by atoms with van der Waals surface area (Å²) in [6, 6.07) is 10.2. The monoisotopic (exact) mass is 216 g/mol. The van der Waals surface area contributed by atoms with Gasteiger partial charge in [-0.25, -0.2) is 0 Å². The van der Waals surface area contributed by atoms with Gasteiger partial charge >= 0.3 is 0 Å². The van der Waals surface area contributed by atoms with Crippen molar-refractivity contribution in [3.8, 4) is 0 Å². The third-order valence-corrected chi connectivity index (χ3v) is 2.71. The van der Waals surface area contributed by atoms with Crippen molar-refractivity contribution in [1.29, 1.82) is 0 Å². The van der Waals surface area contributed by atoms with Gasteiger partial charge in [-0.1, -0.05) is 44.2 Å². The van der Waals surface area contributed by atoms with Crippen LogP contribution in [0.3, 0.4) is 0 Å². The summed E-state index contributed by atoms with van der Waals surface area (Å²) in [5.41, 5.74) is 1.20. The van der Waals surface area contributed by atoms with Crippen LogP contribution in [0.15, 0.2) is 34.7 Å². The lowest BCUT2D eigenvalue weighted by Crippen LogP contribution is -1.90. The summed E-state index contributed by atoms with van der Waals surface area (Å²) >= 11 is 0. The lowest BCUT2D eigenvalue weighted by Gasteiger charge is -2.00. The van der Waals surface area contributed by atoms with E-state index in [9.17, 15) is 0 Å². The van der Waals surface area contributed by atoms with Crippen molar-refractivity contribution in [2.45, 2.75) is 32.6 Å². The SMILES string of the molecule is CCC(C)c1nnc(Cc2ccccc2)o1. The minimum absolute atomic E-state index is 0.344. The summed E-state index contributed by atoms with van der Waals surface area (Å²) in [4.78, 5) is 0. The van der Waals surface area contributed by atoms with E-state index in [2.05, 4.69) is 36.2 Å². The van der Waals surface area contributed by atoms with E-state index in [4.69, 9.17) is 4.42 Å². The van der Waals surface area contributed by atoms with Crippen molar-refractivity contribution >= 4 is 0 Å². The van der Waals surface area contributed by atoms with Gasteiger partial charge in [0.05, 0.1) is 6.42 Å². The molecule has 0 saturated heterocycles. The molecular weight excluding hydrogens is 200 g/mol. The predicted molar refractivity (Wildman–Crippen MR) is 62.3 cm³/mol. The Hall–Kier alpha value is -1.64. The van der Waals surface area contributed by atoms with Crippen molar-refractivity contribution in [3.05, 3.63) is 47.7 Å². The van der Waals surface area contributed by atoms with Gasteiger partial charge in [0.25, 0.3) is 0 Å². The molecule has 1 atom stereocenters. The minimum atomic E-state index is 0.344. The van der Waals surface area contributed by atoms with Crippen molar-refractivity contribution in [2.24, 2.45) is 0 Å². The van der Waals surface area contributed by atoms with E-state index in [0.29, 0.717) is 18.2 Å². The van der Waals surface area contributed by atoms with Gasteiger partial charge in [0.2, 0.25) is 11.8 Å². The van der Waals surface area contributed by atoms with Crippen LogP contribution in [-0.4, -0.2) is 10.2 Å². The van der Waals surface area contributed by atoms with Gasteiger partial charge in [0.1, 0.15) is 0 Å². The number of nitrogens with zero attached hydrogens (tertiary/aromatic N) is 2. The summed E-state index contributed by atoms with van der Waals surface area (Å²) < 4.78 is 5.62. The van der Waals surface area contributed by atoms with Crippen molar-refractivity contribution < 1.29 is 4.42 Å². The molecule has 0 aliphatic heterocycles. The standard InChI is InChI=1S/C13H16N2O/c1-3-10(2)13-15-14-12(16-13)9-11-7-5-4-6-8-11/h4-8,10H,3,9H2,1-2H3. The molecule has 0 saturated carbocycles. The van der Waals surface area contributed by atoms with Crippen LogP contribution in [0.4, 0.5) is 0 Å². The number of hydrogen-bond acceptors (Lipinski definition) is 3. The van der Waals surface area contributed by atoms with E-state index in [0.717, 1.165) is 12.3 Å². The lowest BCUT2D eigenvalue weighted by atomic mass is 10.1. The molecule has 16 heavy (non-hydrogen) atoms. The van der Waals surface area contributed by atoms with Gasteiger partial charge in [-0.05, 0) is 12.0 Å². The number of benzene rings is 1. The Morgan fingerprint density at radius 3 is 2.62 bits per heavy atom. The molecule has 1 aromatic heterocycles. The first-order valence-corrected chi connectivity index (χ1v) is 5.65. The zero-order valence-corrected chi connectivity index (χ0v) is 9.68. The molecule has 2 aromatic rings. The molecular formula is C13H16N2O. The fourth-order valence-corrected chi connectivity index (χ4v) is 1.48. The Morgan fingerprint density at radius 1 is 1.19 bits per heavy atom. The maximum atomic E-state index is 5.62. The summed E-state index contributed by atoms with van der Waals surface area (Å²) in [5.74, 6) is 1.78. The van der Waals surface area contributed by atoms with E-state index in [1.807, 2.05) is 18.2 Å². The topological polar surface area (TPSA) is 38.9 Å². The highest BCUT2D eigenvalue weighted by atomic mass is 16.4. The Kier molecular flexibility index (Phi) is 3.34.